The maximum absolute atomic E-state index is 14.3. The van der Waals surface area contributed by atoms with Crippen LogP contribution in [-0.4, -0.2) is 119 Å². The predicted octanol–water partition coefficient (Wildman–Crippen LogP) is 1.45. The lowest BCUT2D eigenvalue weighted by atomic mass is 9.91. The zero-order chi connectivity index (χ0) is 47.2. The Morgan fingerprint density at radius 2 is 1.58 bits per heavy atom. The summed E-state index contributed by atoms with van der Waals surface area (Å²) in [5.41, 5.74) is 6.88. The van der Waals surface area contributed by atoms with Crippen molar-refractivity contribution in [2.75, 3.05) is 19.7 Å². The summed E-state index contributed by atoms with van der Waals surface area (Å²) in [6.07, 6.45) is 6.58. The van der Waals surface area contributed by atoms with Gasteiger partial charge in [0.2, 0.25) is 47.3 Å². The molecule has 2 fully saturated rings. The number of unbranched alkanes of at least 4 members (excludes halogenated alkanes) is 5. The van der Waals surface area contributed by atoms with Crippen LogP contribution in [0.3, 0.4) is 0 Å². The van der Waals surface area contributed by atoms with E-state index in [4.69, 9.17) is 10.3 Å². The van der Waals surface area contributed by atoms with Crippen molar-refractivity contribution >= 4 is 55.9 Å². The predicted molar refractivity (Wildman–Crippen MR) is 237 cm³/mol. The highest BCUT2D eigenvalue weighted by atomic mass is 31.1. The van der Waals surface area contributed by atoms with Gasteiger partial charge < -0.3 is 47.6 Å². The van der Waals surface area contributed by atoms with Crippen molar-refractivity contribution < 1.29 is 52.6 Å². The molecule has 2 saturated heterocycles. The topological polar surface area (TPSA) is 285 Å². The summed E-state index contributed by atoms with van der Waals surface area (Å²) < 4.78 is 16.4. The molecule has 0 radical (unpaired) electrons. The minimum atomic E-state index is -1.71. The van der Waals surface area contributed by atoms with Gasteiger partial charge >= 0.3 is 8.69 Å². The van der Waals surface area contributed by atoms with Crippen molar-refractivity contribution in [3.63, 3.8) is 0 Å². The molecular weight excluding hydrogens is 848 g/mol. The lowest BCUT2D eigenvalue weighted by Gasteiger charge is -2.29. The van der Waals surface area contributed by atoms with Crippen molar-refractivity contribution in [3.8, 4) is 0 Å². The minimum Gasteiger partial charge on any atom is -0.394 e. The van der Waals surface area contributed by atoms with E-state index in [9.17, 15) is 48.0 Å². The smallest absolute Gasteiger partial charge is 0.327 e. The van der Waals surface area contributed by atoms with Crippen LogP contribution in [0.25, 0.3) is 0 Å². The molecule has 0 saturated carbocycles. The van der Waals surface area contributed by atoms with Crippen LogP contribution in [0, 0.1) is 11.8 Å². The number of nitrogens with zero attached hydrogens (tertiary/aromatic N) is 1. The fourth-order valence-corrected chi connectivity index (χ4v) is 8.31. The summed E-state index contributed by atoms with van der Waals surface area (Å²) >= 11 is 0. The second kappa shape index (κ2) is 28.0. The normalized spacial score (nSPS) is 23.8. The number of carbonyl (C=O) groups is 8. The first-order chi connectivity index (χ1) is 30.6. The first kappa shape index (κ1) is 53.3. The van der Waals surface area contributed by atoms with Crippen LogP contribution >= 0.6 is 8.69 Å². The Hall–Kier alpha value is -5.00. The van der Waals surface area contributed by atoms with E-state index in [0.29, 0.717) is 32.2 Å². The summed E-state index contributed by atoms with van der Waals surface area (Å²) in [6.45, 7) is 5.88. The average molecular weight is 917 g/mol. The van der Waals surface area contributed by atoms with Crippen LogP contribution in [0.5, 0.6) is 0 Å². The molecule has 0 bridgehead atoms. The number of nitrogens with one attached hydrogen (secondary N) is 6. The minimum absolute atomic E-state index is 0.00200. The second-order valence-corrected chi connectivity index (χ2v) is 17.6. The molecule has 0 spiro atoms. The number of nitrogens with two attached hydrogens (primary N) is 1. The van der Waals surface area contributed by atoms with Gasteiger partial charge in [-0.25, -0.2) is 4.57 Å². The highest BCUT2D eigenvalue weighted by Crippen LogP contribution is 2.21. The van der Waals surface area contributed by atoms with Gasteiger partial charge in [-0.15, -0.1) is 0 Å². The van der Waals surface area contributed by atoms with Gasteiger partial charge in [0.1, 0.15) is 36.3 Å². The number of hydrogen-bond donors (Lipinski definition) is 8. The summed E-state index contributed by atoms with van der Waals surface area (Å²) in [7, 11) is -0.825. The zero-order valence-corrected chi connectivity index (χ0v) is 38.5. The highest BCUT2D eigenvalue weighted by molar-refractivity contribution is 7.17. The van der Waals surface area contributed by atoms with E-state index in [1.807, 2.05) is 32.0 Å². The maximum atomic E-state index is 14.3. The monoisotopic (exact) mass is 916 g/mol. The first-order valence-corrected chi connectivity index (χ1v) is 23.3. The highest BCUT2D eigenvalue weighted by Gasteiger charge is 2.38. The molecule has 0 aliphatic carbocycles. The molecule has 2 aliphatic rings. The van der Waals surface area contributed by atoms with Crippen LogP contribution in [0.15, 0.2) is 30.3 Å². The number of amides is 8. The zero-order valence-electron chi connectivity index (χ0n) is 37.6. The first-order valence-electron chi connectivity index (χ1n) is 22.6. The Morgan fingerprint density at radius 1 is 0.891 bits per heavy atom. The van der Waals surface area contributed by atoms with E-state index in [0.717, 1.165) is 38.5 Å². The fraction of sp³-hybridized carbons (Fsp3) is 0.682. The SMILES string of the molecule is CC(=O)N1CCC[C@H]1C(=O)N[C@@H](CC(C)C)C(=O)N[C@H]1C[C@H](CCCCCCCCc2ccccc2)C(=O)NCCC[C@H](C(N)=O)NC(=O)[C@H]([C@@H](C)OP=O)NC(=O)[C@H](CO)NC1=O. The van der Waals surface area contributed by atoms with Crippen LogP contribution in [-0.2, 0) is 53.9 Å². The van der Waals surface area contributed by atoms with Crippen molar-refractivity contribution in [1.29, 1.82) is 0 Å². The lowest BCUT2D eigenvalue weighted by Crippen LogP contribution is -2.62. The third kappa shape index (κ3) is 17.9. The van der Waals surface area contributed by atoms with Crippen LogP contribution in [0.2, 0.25) is 0 Å². The molecule has 0 aromatic heterocycles. The molecule has 0 unspecified atom stereocenters. The summed E-state index contributed by atoms with van der Waals surface area (Å²) in [5, 5.41) is 26.0. The van der Waals surface area contributed by atoms with Gasteiger partial charge in [-0.2, -0.15) is 0 Å². The molecule has 3 rings (SSSR count). The lowest BCUT2D eigenvalue weighted by molar-refractivity contribution is -0.139. The van der Waals surface area contributed by atoms with Gasteiger partial charge in [-0.05, 0) is 76.2 Å². The summed E-state index contributed by atoms with van der Waals surface area (Å²) in [5.74, 6) is -6.74. The summed E-state index contributed by atoms with van der Waals surface area (Å²) in [6, 6.07) is 2.33. The van der Waals surface area contributed by atoms with E-state index in [-0.39, 0.29) is 44.1 Å². The Balaban J connectivity index is 1.92. The number of likely N-dealkylation sites (tertiary alicyclic amines) is 1. The molecule has 9 N–H and O–H groups in total. The van der Waals surface area contributed by atoms with E-state index >= 15 is 0 Å². The van der Waals surface area contributed by atoms with E-state index < -0.39 is 105 Å². The maximum Gasteiger partial charge on any atom is 0.327 e. The van der Waals surface area contributed by atoms with Gasteiger partial charge in [-0.3, -0.25) is 42.9 Å². The van der Waals surface area contributed by atoms with Gasteiger partial charge in [-0.1, -0.05) is 76.3 Å². The largest absolute Gasteiger partial charge is 0.394 e. The standard InChI is InChI=1S/C44H69N8O11P/c1-27(2)24-33(49-43(60)36-21-15-23-52(36)29(4)54)40(57)48-34-25-31(19-13-8-6-5-7-10-16-30-17-11-9-12-18-30)39(56)46-22-14-20-32(38(45)55)47-44(61)37(28(3)63-64-62)51-42(59)35(26-53)50-41(34)58/h9,11-12,17-18,27-28,31-37,53H,5-8,10,13-16,19-26H2,1-4H3,(H2,45,55)(H,46,56)(H,47,61)(H,48,57)(H,49,60)(H,50,58)(H,51,59)/t28-,31+,32-,33+,34+,35+,36+,37+/m1/s1. The van der Waals surface area contributed by atoms with E-state index in [1.165, 1.54) is 24.3 Å². The molecule has 8 atom stereocenters. The quantitative estimate of drug-likeness (QED) is 0.0685. The Kier molecular flexibility index (Phi) is 23.4. The number of hydrogen-bond acceptors (Lipinski definition) is 11. The van der Waals surface area contributed by atoms with E-state index in [2.05, 4.69) is 44.0 Å². The van der Waals surface area contributed by atoms with E-state index in [1.54, 1.807) is 0 Å². The Labute approximate surface area is 377 Å². The Bertz CT molecular complexity index is 1740. The van der Waals surface area contributed by atoms with Crippen molar-refractivity contribution in [2.24, 2.45) is 17.6 Å². The molecular formula is C44H69N8O11P. The molecule has 8 amide bonds. The molecule has 356 valence electrons. The number of rotatable bonds is 20. The van der Waals surface area contributed by atoms with Crippen molar-refractivity contribution in [2.45, 2.75) is 160 Å². The summed E-state index contributed by atoms with van der Waals surface area (Å²) in [4.78, 5) is 109. The number of aryl methyl sites for hydroxylation is 1. The third-order valence-corrected chi connectivity index (χ3v) is 12.1. The molecule has 19 nitrogen and oxygen atoms in total. The number of carbonyl (C=O) groups excluding carboxylic acids is 8. The van der Waals surface area contributed by atoms with Crippen LogP contribution in [0.4, 0.5) is 0 Å². The second-order valence-electron chi connectivity index (χ2n) is 17.2. The van der Waals surface area contributed by atoms with Crippen molar-refractivity contribution in [3.05, 3.63) is 35.9 Å². The third-order valence-electron chi connectivity index (χ3n) is 11.6. The van der Waals surface area contributed by atoms with Crippen LogP contribution < -0.4 is 37.6 Å². The molecule has 64 heavy (non-hydrogen) atoms. The molecule has 2 heterocycles. The average Bonchev–Trinajstić information content (AvgIpc) is 3.76. The molecule has 1 aromatic rings. The molecule has 1 aromatic carbocycles. The number of aliphatic hydroxyl groups excluding tert-OH is 1. The van der Waals surface area contributed by atoms with Gasteiger partial charge in [0.05, 0.1) is 12.7 Å². The Morgan fingerprint density at radius 3 is 2.22 bits per heavy atom. The number of aliphatic hydroxyl groups is 1. The van der Waals surface area contributed by atoms with Gasteiger partial charge in [0.15, 0.2) is 0 Å². The van der Waals surface area contributed by atoms with Crippen molar-refractivity contribution in [1.82, 2.24) is 36.8 Å². The number of benzene rings is 1. The molecule has 20 heteroatoms. The number of primary amides is 1. The molecule has 2 aliphatic heterocycles. The van der Waals surface area contributed by atoms with Gasteiger partial charge in [0, 0.05) is 25.9 Å². The van der Waals surface area contributed by atoms with Crippen LogP contribution in [0.1, 0.15) is 117 Å². The fourth-order valence-electron chi connectivity index (χ4n) is 8.06. The van der Waals surface area contributed by atoms with Gasteiger partial charge in [0.25, 0.3) is 0 Å².